The second-order valence-electron chi connectivity index (χ2n) is 8.36. The minimum absolute atomic E-state index is 0.336. The maximum atomic E-state index is 12.2. The molecule has 0 aromatic heterocycles. The summed E-state index contributed by atoms with van der Waals surface area (Å²) in [6, 6.07) is 8.78. The van der Waals surface area contributed by atoms with E-state index in [0.29, 0.717) is 11.8 Å². The number of carbonyl (C=O) groups excluding carboxylic acids is 1. The third-order valence-corrected chi connectivity index (χ3v) is 5.28. The summed E-state index contributed by atoms with van der Waals surface area (Å²) in [7, 11) is 0. The molecule has 25 heavy (non-hydrogen) atoms. The van der Waals surface area contributed by atoms with Crippen molar-refractivity contribution in [3.8, 4) is 0 Å². The van der Waals surface area contributed by atoms with Gasteiger partial charge in [-0.25, -0.2) is 0 Å². The van der Waals surface area contributed by atoms with Crippen LogP contribution in [-0.2, 0) is 17.8 Å². The molecule has 0 bridgehead atoms. The first kappa shape index (κ1) is 18.4. The van der Waals surface area contributed by atoms with Crippen LogP contribution in [-0.4, -0.2) is 52.6 Å². The summed E-state index contributed by atoms with van der Waals surface area (Å²) in [5, 5.41) is 9.84. The highest BCUT2D eigenvalue weighted by Crippen LogP contribution is 2.31. The zero-order chi connectivity index (χ0) is 17.9. The molecular weight excluding hydrogens is 312 g/mol. The Kier molecular flexibility index (Phi) is 5.80. The Morgan fingerprint density at radius 3 is 2.40 bits per heavy atom. The molecule has 4 nitrogen and oxygen atoms in total. The Morgan fingerprint density at radius 1 is 1.08 bits per heavy atom. The van der Waals surface area contributed by atoms with Crippen LogP contribution in [0.4, 0.5) is 0 Å². The van der Waals surface area contributed by atoms with Crippen molar-refractivity contribution < 1.29 is 9.90 Å². The molecule has 1 amide bonds. The van der Waals surface area contributed by atoms with Gasteiger partial charge in [0.05, 0.1) is 5.60 Å². The van der Waals surface area contributed by atoms with Crippen LogP contribution in [0.2, 0.25) is 0 Å². The summed E-state index contributed by atoms with van der Waals surface area (Å²) in [6.07, 6.45) is 4.95. The first-order chi connectivity index (χ1) is 11.9. The van der Waals surface area contributed by atoms with Crippen LogP contribution in [0.15, 0.2) is 24.3 Å². The molecular formula is C21H32N2O2. The van der Waals surface area contributed by atoms with Gasteiger partial charge >= 0.3 is 0 Å². The van der Waals surface area contributed by atoms with Gasteiger partial charge in [0.25, 0.3) is 0 Å². The average molecular weight is 344 g/mol. The summed E-state index contributed by atoms with van der Waals surface area (Å²) in [5.41, 5.74) is 2.01. The second-order valence-corrected chi connectivity index (χ2v) is 8.36. The molecule has 3 rings (SSSR count). The maximum absolute atomic E-state index is 12.2. The fourth-order valence-corrected chi connectivity index (χ4v) is 3.46. The molecule has 138 valence electrons. The Bertz CT molecular complexity index is 573. The topological polar surface area (TPSA) is 43.8 Å². The fraction of sp³-hybridized carbons (Fsp3) is 0.667. The number of hydrogen-bond acceptors (Lipinski definition) is 3. The quantitative estimate of drug-likeness (QED) is 0.863. The lowest BCUT2D eigenvalue weighted by molar-refractivity contribution is -0.132. The van der Waals surface area contributed by atoms with E-state index in [1.54, 1.807) is 0 Å². The predicted molar refractivity (Wildman–Crippen MR) is 100 cm³/mol. The van der Waals surface area contributed by atoms with E-state index in [1.807, 2.05) is 13.8 Å². The Hall–Kier alpha value is -1.39. The lowest BCUT2D eigenvalue weighted by Crippen LogP contribution is -2.35. The number of amides is 1. The standard InChI is InChI=1S/C21H32N2O2/c1-21(2,25)11-10-17-4-6-18(7-5-17)16-22-12-3-13-23(15-14-22)20(24)19-8-9-19/h4-7,19,25H,3,8-16H2,1-2H3. The second kappa shape index (κ2) is 7.88. The first-order valence-corrected chi connectivity index (χ1v) is 9.72. The van der Waals surface area contributed by atoms with Crippen LogP contribution in [0, 0.1) is 5.92 Å². The van der Waals surface area contributed by atoms with Gasteiger partial charge in [-0.15, -0.1) is 0 Å². The van der Waals surface area contributed by atoms with Crippen molar-refractivity contribution >= 4 is 5.91 Å². The molecule has 0 radical (unpaired) electrons. The number of nitrogens with zero attached hydrogens (tertiary/aromatic N) is 2. The Labute approximate surface area is 151 Å². The zero-order valence-electron chi connectivity index (χ0n) is 15.7. The highest BCUT2D eigenvalue weighted by Gasteiger charge is 2.33. The van der Waals surface area contributed by atoms with Gasteiger partial charge in [0.2, 0.25) is 5.91 Å². The van der Waals surface area contributed by atoms with Crippen LogP contribution >= 0.6 is 0 Å². The molecule has 1 aliphatic carbocycles. The largest absolute Gasteiger partial charge is 0.390 e. The fourth-order valence-electron chi connectivity index (χ4n) is 3.46. The molecule has 1 aromatic carbocycles. The van der Waals surface area contributed by atoms with Crippen molar-refractivity contribution in [1.29, 1.82) is 0 Å². The number of aryl methyl sites for hydroxylation is 1. The van der Waals surface area contributed by atoms with Crippen LogP contribution in [0.3, 0.4) is 0 Å². The normalized spacial score (nSPS) is 19.7. The van der Waals surface area contributed by atoms with E-state index in [2.05, 4.69) is 34.1 Å². The molecule has 1 saturated carbocycles. The van der Waals surface area contributed by atoms with E-state index in [0.717, 1.165) is 64.8 Å². The summed E-state index contributed by atoms with van der Waals surface area (Å²) < 4.78 is 0. The van der Waals surface area contributed by atoms with Crippen molar-refractivity contribution in [3.63, 3.8) is 0 Å². The van der Waals surface area contributed by atoms with Gasteiger partial charge in [-0.1, -0.05) is 24.3 Å². The van der Waals surface area contributed by atoms with Crippen molar-refractivity contribution in [3.05, 3.63) is 35.4 Å². The van der Waals surface area contributed by atoms with E-state index in [1.165, 1.54) is 11.1 Å². The number of aliphatic hydroxyl groups is 1. The van der Waals surface area contributed by atoms with Crippen LogP contribution in [0.1, 0.15) is 50.7 Å². The number of benzene rings is 1. The van der Waals surface area contributed by atoms with Gasteiger partial charge in [-0.2, -0.15) is 0 Å². The van der Waals surface area contributed by atoms with Crippen LogP contribution < -0.4 is 0 Å². The maximum Gasteiger partial charge on any atom is 0.225 e. The van der Waals surface area contributed by atoms with Crippen molar-refractivity contribution in [1.82, 2.24) is 9.80 Å². The molecule has 2 aliphatic rings. The van der Waals surface area contributed by atoms with Crippen LogP contribution in [0.5, 0.6) is 0 Å². The highest BCUT2D eigenvalue weighted by atomic mass is 16.3. The van der Waals surface area contributed by atoms with Crippen molar-refractivity contribution in [2.24, 2.45) is 5.92 Å². The van der Waals surface area contributed by atoms with Crippen molar-refractivity contribution in [2.45, 2.75) is 58.1 Å². The third kappa shape index (κ3) is 5.82. The Morgan fingerprint density at radius 2 is 1.76 bits per heavy atom. The number of rotatable bonds is 6. The summed E-state index contributed by atoms with van der Waals surface area (Å²) in [6.45, 7) is 8.50. The van der Waals surface area contributed by atoms with Gasteiger partial charge in [0, 0.05) is 38.6 Å². The SMILES string of the molecule is CC(C)(O)CCc1ccc(CN2CCCN(C(=O)C3CC3)CC2)cc1. The van der Waals surface area contributed by atoms with Gasteiger partial charge in [0.1, 0.15) is 0 Å². The summed E-state index contributed by atoms with van der Waals surface area (Å²) in [5.74, 6) is 0.723. The molecule has 1 N–H and O–H groups in total. The summed E-state index contributed by atoms with van der Waals surface area (Å²) in [4.78, 5) is 16.8. The van der Waals surface area contributed by atoms with Crippen molar-refractivity contribution in [2.75, 3.05) is 26.2 Å². The van der Waals surface area contributed by atoms with E-state index < -0.39 is 5.60 Å². The van der Waals surface area contributed by atoms with Crippen LogP contribution in [0.25, 0.3) is 0 Å². The summed E-state index contributed by atoms with van der Waals surface area (Å²) >= 11 is 0. The molecule has 1 saturated heterocycles. The zero-order valence-corrected chi connectivity index (χ0v) is 15.7. The minimum Gasteiger partial charge on any atom is -0.390 e. The van der Waals surface area contributed by atoms with Gasteiger partial charge in [-0.3, -0.25) is 9.69 Å². The average Bonchev–Trinajstić information content (AvgIpc) is 3.41. The predicted octanol–water partition coefficient (Wildman–Crippen LogP) is 2.83. The van der Waals surface area contributed by atoms with Gasteiger partial charge in [-0.05, 0) is 57.1 Å². The first-order valence-electron chi connectivity index (χ1n) is 9.72. The van der Waals surface area contributed by atoms with Gasteiger partial charge < -0.3 is 10.0 Å². The molecule has 0 unspecified atom stereocenters. The molecule has 1 aromatic rings. The molecule has 4 heteroatoms. The molecule has 0 spiro atoms. The Balaban J connectivity index is 1.47. The lowest BCUT2D eigenvalue weighted by Gasteiger charge is -2.22. The van der Waals surface area contributed by atoms with E-state index in [9.17, 15) is 9.90 Å². The lowest BCUT2D eigenvalue weighted by atomic mass is 9.98. The van der Waals surface area contributed by atoms with E-state index in [4.69, 9.17) is 0 Å². The molecule has 0 atom stereocenters. The molecule has 2 fully saturated rings. The van der Waals surface area contributed by atoms with E-state index in [-0.39, 0.29) is 0 Å². The number of carbonyl (C=O) groups is 1. The minimum atomic E-state index is -0.603. The smallest absolute Gasteiger partial charge is 0.225 e. The van der Waals surface area contributed by atoms with Gasteiger partial charge in [0.15, 0.2) is 0 Å². The number of hydrogen-bond donors (Lipinski definition) is 1. The van der Waals surface area contributed by atoms with E-state index >= 15 is 0 Å². The molecule has 1 heterocycles. The molecule has 1 aliphatic heterocycles. The highest BCUT2D eigenvalue weighted by molar-refractivity contribution is 5.81. The monoisotopic (exact) mass is 344 g/mol. The third-order valence-electron chi connectivity index (χ3n) is 5.28.